The Morgan fingerprint density at radius 1 is 1.30 bits per heavy atom. The number of alkyl halides is 3. The fourth-order valence-electron chi connectivity index (χ4n) is 2.33. The van der Waals surface area contributed by atoms with Crippen molar-refractivity contribution in [1.82, 2.24) is 9.88 Å². The summed E-state index contributed by atoms with van der Waals surface area (Å²) in [6.45, 7) is -0.0712. The molecule has 2 heterocycles. The molecule has 0 unspecified atom stereocenters. The van der Waals surface area contributed by atoms with Gasteiger partial charge in [0.2, 0.25) is 0 Å². The van der Waals surface area contributed by atoms with E-state index in [9.17, 15) is 27.9 Å². The van der Waals surface area contributed by atoms with Gasteiger partial charge in [0.05, 0.1) is 5.69 Å². The zero-order valence-electron chi connectivity index (χ0n) is 11.9. The SMILES string of the molecule is O=C([O-])Nc1cccnc1NC1CCN(C(=O)C(F)(F)F)CC1. The molecule has 0 spiro atoms. The van der Waals surface area contributed by atoms with Gasteiger partial charge < -0.3 is 25.4 Å². The Labute approximate surface area is 129 Å². The molecule has 0 aliphatic carbocycles. The van der Waals surface area contributed by atoms with E-state index in [0.717, 1.165) is 4.90 Å². The largest absolute Gasteiger partial charge is 0.530 e. The third-order valence-electron chi connectivity index (χ3n) is 3.41. The number of rotatable bonds is 3. The molecule has 2 amide bonds. The van der Waals surface area contributed by atoms with E-state index in [1.54, 1.807) is 0 Å². The topological polar surface area (TPSA) is 97.4 Å². The van der Waals surface area contributed by atoms with Crippen LogP contribution in [-0.2, 0) is 4.79 Å². The molecule has 1 aliphatic rings. The maximum atomic E-state index is 12.4. The minimum atomic E-state index is -4.87. The average molecular weight is 331 g/mol. The molecule has 1 fully saturated rings. The highest BCUT2D eigenvalue weighted by molar-refractivity contribution is 5.85. The number of pyridine rings is 1. The van der Waals surface area contributed by atoms with Crippen LogP contribution in [0.15, 0.2) is 18.3 Å². The summed E-state index contributed by atoms with van der Waals surface area (Å²) in [4.78, 5) is 26.5. The van der Waals surface area contributed by atoms with Gasteiger partial charge in [-0.15, -0.1) is 0 Å². The Morgan fingerprint density at radius 2 is 1.96 bits per heavy atom. The molecular formula is C13H14F3N4O3-. The maximum absolute atomic E-state index is 12.4. The molecule has 23 heavy (non-hydrogen) atoms. The first kappa shape index (κ1) is 16.8. The Hall–Kier alpha value is -2.52. The number of amides is 2. The molecule has 0 bridgehead atoms. The van der Waals surface area contributed by atoms with Gasteiger partial charge in [-0.3, -0.25) is 4.79 Å². The summed E-state index contributed by atoms with van der Waals surface area (Å²) in [6, 6.07) is 2.79. The summed E-state index contributed by atoms with van der Waals surface area (Å²) in [5.74, 6) is -1.58. The van der Waals surface area contributed by atoms with Crippen LogP contribution in [0, 0.1) is 0 Å². The van der Waals surface area contributed by atoms with Crippen LogP contribution in [0.3, 0.4) is 0 Å². The number of carboxylic acid groups (broad SMARTS) is 1. The number of carbonyl (C=O) groups is 2. The third-order valence-corrected chi connectivity index (χ3v) is 3.41. The van der Waals surface area contributed by atoms with E-state index in [1.807, 2.05) is 0 Å². The van der Waals surface area contributed by atoms with E-state index in [0.29, 0.717) is 12.8 Å². The zero-order valence-corrected chi connectivity index (χ0v) is 11.9. The van der Waals surface area contributed by atoms with Crippen LogP contribution < -0.4 is 15.7 Å². The first-order valence-corrected chi connectivity index (χ1v) is 6.83. The normalized spacial score (nSPS) is 16.0. The predicted molar refractivity (Wildman–Crippen MR) is 72.5 cm³/mol. The third kappa shape index (κ3) is 4.47. The van der Waals surface area contributed by atoms with E-state index in [1.165, 1.54) is 18.3 Å². The molecule has 1 saturated heterocycles. The van der Waals surface area contributed by atoms with Crippen molar-refractivity contribution in [3.63, 3.8) is 0 Å². The summed E-state index contributed by atoms with van der Waals surface area (Å²) in [6.07, 6.45) is -4.32. The number of hydrogen-bond acceptors (Lipinski definition) is 5. The van der Waals surface area contributed by atoms with E-state index < -0.39 is 18.2 Å². The number of nitrogens with zero attached hydrogens (tertiary/aromatic N) is 2. The summed E-state index contributed by atoms with van der Waals surface area (Å²) >= 11 is 0. The monoisotopic (exact) mass is 331 g/mol. The van der Waals surface area contributed by atoms with Crippen LogP contribution in [0.2, 0.25) is 0 Å². The molecule has 1 aliphatic heterocycles. The number of carbonyl (C=O) groups excluding carboxylic acids is 2. The Balaban J connectivity index is 1.95. The number of likely N-dealkylation sites (tertiary alicyclic amines) is 1. The van der Waals surface area contributed by atoms with Crippen LogP contribution in [0.5, 0.6) is 0 Å². The highest BCUT2D eigenvalue weighted by Crippen LogP contribution is 2.24. The summed E-state index contributed by atoms with van der Waals surface area (Å²) in [7, 11) is 0. The highest BCUT2D eigenvalue weighted by atomic mass is 19.4. The molecule has 0 aromatic carbocycles. The summed E-state index contributed by atoms with van der Waals surface area (Å²) in [5, 5.41) is 15.6. The second kappa shape index (κ2) is 6.71. The van der Waals surface area contributed by atoms with Crippen molar-refractivity contribution in [1.29, 1.82) is 0 Å². The lowest BCUT2D eigenvalue weighted by molar-refractivity contribution is -0.242. The lowest BCUT2D eigenvalue weighted by Gasteiger charge is -2.33. The van der Waals surface area contributed by atoms with Crippen LogP contribution in [0.4, 0.5) is 29.5 Å². The second-order valence-corrected chi connectivity index (χ2v) is 5.02. The lowest BCUT2D eigenvalue weighted by Crippen LogP contribution is -2.47. The van der Waals surface area contributed by atoms with E-state index in [2.05, 4.69) is 15.6 Å². The predicted octanol–water partition coefficient (Wildman–Crippen LogP) is 0.802. The molecule has 1 aromatic heterocycles. The molecule has 2 N–H and O–H groups in total. The van der Waals surface area contributed by atoms with Crippen LogP contribution in [0.1, 0.15) is 12.8 Å². The van der Waals surface area contributed by atoms with Gasteiger partial charge in [0, 0.05) is 25.3 Å². The van der Waals surface area contributed by atoms with E-state index >= 15 is 0 Å². The molecule has 126 valence electrons. The zero-order chi connectivity index (χ0) is 17.0. The molecule has 0 atom stereocenters. The maximum Gasteiger partial charge on any atom is 0.471 e. The lowest BCUT2D eigenvalue weighted by atomic mass is 10.0. The van der Waals surface area contributed by atoms with Gasteiger partial charge in [-0.25, -0.2) is 4.98 Å². The van der Waals surface area contributed by atoms with Gasteiger partial charge in [0.25, 0.3) is 0 Å². The Kier molecular flexibility index (Phi) is 4.92. The minimum Gasteiger partial charge on any atom is -0.530 e. The van der Waals surface area contributed by atoms with Gasteiger partial charge in [0.1, 0.15) is 11.9 Å². The van der Waals surface area contributed by atoms with Crippen molar-refractivity contribution < 1.29 is 27.9 Å². The standard InChI is InChI=1S/C13H15F3N4O3/c14-13(15,16)11(21)20-6-3-8(4-7-20)18-10-9(19-12(22)23)2-1-5-17-10/h1-2,5,8,19H,3-4,6-7H2,(H,17,18)(H,22,23)/p-1. The summed E-state index contributed by atoms with van der Waals surface area (Å²) in [5.41, 5.74) is 0.196. The van der Waals surface area contributed by atoms with Crippen molar-refractivity contribution in [3.05, 3.63) is 18.3 Å². The second-order valence-electron chi connectivity index (χ2n) is 5.02. The fourth-order valence-corrected chi connectivity index (χ4v) is 2.33. The minimum absolute atomic E-state index is 0.0356. The van der Waals surface area contributed by atoms with E-state index in [-0.39, 0.29) is 30.6 Å². The van der Waals surface area contributed by atoms with Crippen molar-refractivity contribution >= 4 is 23.5 Å². The van der Waals surface area contributed by atoms with Crippen LogP contribution in [0.25, 0.3) is 0 Å². The number of anilines is 2. The molecule has 2 rings (SSSR count). The number of aromatic nitrogens is 1. The van der Waals surface area contributed by atoms with Gasteiger partial charge in [-0.2, -0.15) is 13.2 Å². The quantitative estimate of drug-likeness (QED) is 0.854. The Bertz CT molecular complexity index is 586. The van der Waals surface area contributed by atoms with Crippen molar-refractivity contribution in [3.8, 4) is 0 Å². The first-order chi connectivity index (χ1) is 10.8. The highest BCUT2D eigenvalue weighted by Gasteiger charge is 2.43. The Morgan fingerprint density at radius 3 is 2.52 bits per heavy atom. The number of hydrogen-bond donors (Lipinski definition) is 2. The van der Waals surface area contributed by atoms with Crippen LogP contribution in [-0.4, -0.2) is 47.2 Å². The molecule has 10 heteroatoms. The van der Waals surface area contributed by atoms with Crippen molar-refractivity contribution in [2.45, 2.75) is 25.1 Å². The molecule has 7 nitrogen and oxygen atoms in total. The van der Waals surface area contributed by atoms with Gasteiger partial charge >= 0.3 is 12.1 Å². The molecular weight excluding hydrogens is 317 g/mol. The van der Waals surface area contributed by atoms with Crippen molar-refractivity contribution in [2.75, 3.05) is 23.7 Å². The number of nitrogens with one attached hydrogen (secondary N) is 2. The fraction of sp³-hybridized carbons (Fsp3) is 0.462. The number of piperidine rings is 1. The number of halogens is 3. The smallest absolute Gasteiger partial charge is 0.471 e. The average Bonchev–Trinajstić information content (AvgIpc) is 2.48. The van der Waals surface area contributed by atoms with Gasteiger partial charge in [0.15, 0.2) is 0 Å². The first-order valence-electron chi connectivity index (χ1n) is 6.83. The van der Waals surface area contributed by atoms with Gasteiger partial charge in [-0.1, -0.05) is 0 Å². The molecule has 1 aromatic rings. The van der Waals surface area contributed by atoms with Crippen molar-refractivity contribution in [2.24, 2.45) is 0 Å². The van der Waals surface area contributed by atoms with Gasteiger partial charge in [-0.05, 0) is 25.0 Å². The molecule has 0 saturated carbocycles. The van der Waals surface area contributed by atoms with E-state index in [4.69, 9.17) is 0 Å². The van der Waals surface area contributed by atoms with Crippen LogP contribution >= 0.6 is 0 Å². The molecule has 0 radical (unpaired) electrons. The summed E-state index contributed by atoms with van der Waals surface area (Å²) < 4.78 is 37.1.